The third-order valence-corrected chi connectivity index (χ3v) is 4.55. The van der Waals surface area contributed by atoms with Crippen LogP contribution in [-0.4, -0.2) is 42.0 Å². The summed E-state index contributed by atoms with van der Waals surface area (Å²) >= 11 is 0. The van der Waals surface area contributed by atoms with Gasteiger partial charge in [-0.3, -0.25) is 4.79 Å². The normalized spacial score (nSPS) is 17.1. The van der Waals surface area contributed by atoms with Crippen molar-refractivity contribution in [3.8, 4) is 0 Å². The van der Waals surface area contributed by atoms with Crippen LogP contribution in [0.2, 0.25) is 0 Å². The minimum Gasteiger partial charge on any atom is -0.387 e. The van der Waals surface area contributed by atoms with E-state index in [-0.39, 0.29) is 18.4 Å². The van der Waals surface area contributed by atoms with E-state index in [2.05, 4.69) is 15.1 Å². The molecule has 7 nitrogen and oxygen atoms in total. The summed E-state index contributed by atoms with van der Waals surface area (Å²) in [5.74, 6) is 0.375. The first-order valence-corrected chi connectivity index (χ1v) is 8.30. The summed E-state index contributed by atoms with van der Waals surface area (Å²) in [6.45, 7) is 4.78. The Morgan fingerprint density at radius 3 is 2.92 bits per heavy atom. The maximum Gasteiger partial charge on any atom is 0.273 e. The van der Waals surface area contributed by atoms with Crippen LogP contribution >= 0.6 is 0 Å². The van der Waals surface area contributed by atoms with Crippen molar-refractivity contribution in [1.29, 1.82) is 0 Å². The molecule has 1 aromatic carbocycles. The quantitative estimate of drug-likeness (QED) is 0.772. The molecule has 4 rings (SSSR count). The third-order valence-electron chi connectivity index (χ3n) is 4.55. The van der Waals surface area contributed by atoms with E-state index in [1.165, 1.54) is 6.33 Å². The Hall–Kier alpha value is -2.80. The molecule has 0 saturated carbocycles. The second-order valence-electron chi connectivity index (χ2n) is 6.59. The van der Waals surface area contributed by atoms with Gasteiger partial charge in [0.1, 0.15) is 12.0 Å². The molecule has 1 aliphatic rings. The minimum atomic E-state index is -0.685. The van der Waals surface area contributed by atoms with Crippen molar-refractivity contribution in [2.45, 2.75) is 32.4 Å². The van der Waals surface area contributed by atoms with Crippen molar-refractivity contribution in [1.82, 2.24) is 24.5 Å². The van der Waals surface area contributed by atoms with Gasteiger partial charge in [-0.05, 0) is 23.1 Å². The molecule has 0 fully saturated rings. The van der Waals surface area contributed by atoms with Gasteiger partial charge in [-0.1, -0.05) is 38.1 Å². The summed E-state index contributed by atoms with van der Waals surface area (Å²) in [7, 11) is 0. The molecular formula is C18H19N5O2. The lowest BCUT2D eigenvalue weighted by atomic mass is 9.97. The number of hydrogen-bond acceptors (Lipinski definition) is 5. The van der Waals surface area contributed by atoms with E-state index in [0.717, 1.165) is 16.8 Å². The number of aliphatic hydroxyl groups excluding tert-OH is 1. The number of fused-ring (bicyclic) bond motifs is 2. The molecule has 128 valence electrons. The monoisotopic (exact) mass is 337 g/mol. The molecule has 0 spiro atoms. The molecule has 1 atom stereocenters. The Balaban J connectivity index is 1.71. The summed E-state index contributed by atoms with van der Waals surface area (Å²) in [6, 6.07) is 9.42. The van der Waals surface area contributed by atoms with Gasteiger partial charge in [0, 0.05) is 6.54 Å². The number of aliphatic hydroxyl groups is 1. The molecule has 0 unspecified atom stereocenters. The molecule has 1 N–H and O–H groups in total. The van der Waals surface area contributed by atoms with Crippen LogP contribution in [-0.2, 0) is 6.54 Å². The SMILES string of the molecule is CC(C)c1cc(C(=O)N2Cc3ccccc3[C@H](O)C2)nc2ncnn12. The molecule has 7 heteroatoms. The Bertz CT molecular complexity index is 950. The van der Waals surface area contributed by atoms with Crippen LogP contribution in [0.15, 0.2) is 36.7 Å². The van der Waals surface area contributed by atoms with Crippen molar-refractivity contribution in [3.63, 3.8) is 0 Å². The van der Waals surface area contributed by atoms with Crippen LogP contribution < -0.4 is 0 Å². The second kappa shape index (κ2) is 5.93. The van der Waals surface area contributed by atoms with Gasteiger partial charge in [0.25, 0.3) is 11.7 Å². The number of amides is 1. The van der Waals surface area contributed by atoms with Crippen molar-refractivity contribution in [2.75, 3.05) is 6.54 Å². The summed E-state index contributed by atoms with van der Waals surface area (Å²) in [4.78, 5) is 23.1. The number of carbonyl (C=O) groups is 1. The van der Waals surface area contributed by atoms with Crippen molar-refractivity contribution in [2.24, 2.45) is 0 Å². The van der Waals surface area contributed by atoms with Crippen molar-refractivity contribution in [3.05, 3.63) is 59.2 Å². The summed E-state index contributed by atoms with van der Waals surface area (Å²) in [5, 5.41) is 14.5. The van der Waals surface area contributed by atoms with Gasteiger partial charge < -0.3 is 10.0 Å². The molecule has 0 aliphatic carbocycles. The number of hydrogen-bond donors (Lipinski definition) is 1. The van der Waals surface area contributed by atoms with E-state index in [1.807, 2.05) is 38.1 Å². The predicted molar refractivity (Wildman–Crippen MR) is 91.0 cm³/mol. The molecule has 3 aromatic rings. The molecule has 25 heavy (non-hydrogen) atoms. The highest BCUT2D eigenvalue weighted by Crippen LogP contribution is 2.27. The van der Waals surface area contributed by atoms with Crippen LogP contribution in [0.5, 0.6) is 0 Å². The third kappa shape index (κ3) is 2.66. The van der Waals surface area contributed by atoms with Crippen molar-refractivity contribution < 1.29 is 9.90 Å². The van der Waals surface area contributed by atoms with E-state index in [0.29, 0.717) is 18.0 Å². The topological polar surface area (TPSA) is 83.6 Å². The highest BCUT2D eigenvalue weighted by atomic mass is 16.3. The van der Waals surface area contributed by atoms with Crippen LogP contribution in [0.1, 0.15) is 53.2 Å². The lowest BCUT2D eigenvalue weighted by molar-refractivity contribution is 0.0544. The Labute approximate surface area is 144 Å². The molecule has 1 aliphatic heterocycles. The number of nitrogens with zero attached hydrogens (tertiary/aromatic N) is 5. The van der Waals surface area contributed by atoms with Gasteiger partial charge in [0.15, 0.2) is 0 Å². The van der Waals surface area contributed by atoms with Crippen molar-refractivity contribution >= 4 is 11.7 Å². The van der Waals surface area contributed by atoms with E-state index in [9.17, 15) is 9.90 Å². The lowest BCUT2D eigenvalue weighted by Crippen LogP contribution is -2.38. The first kappa shape index (κ1) is 15.7. The van der Waals surface area contributed by atoms with Gasteiger partial charge in [0.05, 0.1) is 18.3 Å². The fourth-order valence-electron chi connectivity index (χ4n) is 3.25. The number of aromatic nitrogens is 4. The van der Waals surface area contributed by atoms with E-state index in [1.54, 1.807) is 15.5 Å². The molecule has 0 saturated heterocycles. The average Bonchev–Trinajstić information content (AvgIpc) is 3.08. The van der Waals surface area contributed by atoms with Crippen LogP contribution in [0.3, 0.4) is 0 Å². The standard InChI is InChI=1S/C18H19N5O2/c1-11(2)15-7-14(21-18-19-10-20-23(15)18)17(25)22-8-12-5-3-4-6-13(12)16(24)9-22/h3-7,10-11,16,24H,8-9H2,1-2H3/t16-/m1/s1. The van der Waals surface area contributed by atoms with E-state index < -0.39 is 6.10 Å². The van der Waals surface area contributed by atoms with Crippen LogP contribution in [0.4, 0.5) is 0 Å². The molecule has 2 aromatic heterocycles. The number of carbonyl (C=O) groups excluding carboxylic acids is 1. The van der Waals surface area contributed by atoms with Gasteiger partial charge in [-0.25, -0.2) is 9.50 Å². The zero-order valence-corrected chi connectivity index (χ0v) is 14.1. The van der Waals surface area contributed by atoms with Crippen LogP contribution in [0, 0.1) is 0 Å². The molecule has 0 radical (unpaired) electrons. The van der Waals surface area contributed by atoms with Gasteiger partial charge >= 0.3 is 0 Å². The second-order valence-corrected chi connectivity index (χ2v) is 6.59. The molecule has 1 amide bonds. The fraction of sp³-hybridized carbons (Fsp3) is 0.333. The van der Waals surface area contributed by atoms with Gasteiger partial charge in [-0.15, -0.1) is 0 Å². The lowest BCUT2D eigenvalue weighted by Gasteiger charge is -2.32. The fourth-order valence-corrected chi connectivity index (χ4v) is 3.25. The summed E-state index contributed by atoms with van der Waals surface area (Å²) in [6.07, 6.45) is 0.749. The Kier molecular flexibility index (Phi) is 3.73. The van der Waals surface area contributed by atoms with Crippen LogP contribution in [0.25, 0.3) is 5.78 Å². The number of rotatable bonds is 2. The van der Waals surface area contributed by atoms with E-state index in [4.69, 9.17) is 0 Å². The largest absolute Gasteiger partial charge is 0.387 e. The van der Waals surface area contributed by atoms with E-state index >= 15 is 0 Å². The minimum absolute atomic E-state index is 0.173. The zero-order valence-electron chi connectivity index (χ0n) is 14.1. The Morgan fingerprint density at radius 2 is 2.12 bits per heavy atom. The van der Waals surface area contributed by atoms with Gasteiger partial charge in [0.2, 0.25) is 0 Å². The number of β-amino-alcohol motifs (C(OH)–C–C–N with tert-alkyl or cyclic N) is 1. The van der Waals surface area contributed by atoms with Gasteiger partial charge in [-0.2, -0.15) is 10.1 Å². The highest BCUT2D eigenvalue weighted by Gasteiger charge is 2.28. The predicted octanol–water partition coefficient (Wildman–Crippen LogP) is 1.94. The smallest absolute Gasteiger partial charge is 0.273 e. The summed E-state index contributed by atoms with van der Waals surface area (Å²) < 4.78 is 1.65. The maximum absolute atomic E-state index is 13.0. The zero-order chi connectivity index (χ0) is 17.6. The molecule has 0 bridgehead atoms. The average molecular weight is 337 g/mol. The Morgan fingerprint density at radius 1 is 1.32 bits per heavy atom. The molecular weight excluding hydrogens is 318 g/mol. The maximum atomic E-state index is 13.0. The first-order valence-electron chi connectivity index (χ1n) is 8.30. The highest BCUT2D eigenvalue weighted by molar-refractivity contribution is 5.93. The number of benzene rings is 1. The summed E-state index contributed by atoms with van der Waals surface area (Å²) in [5.41, 5.74) is 3.05. The molecule has 3 heterocycles. The first-order chi connectivity index (χ1) is 12.0.